The molecule has 1 atom stereocenters. The van der Waals surface area contributed by atoms with Crippen molar-refractivity contribution < 1.29 is 4.79 Å². The second kappa shape index (κ2) is 9.58. The minimum Gasteiger partial charge on any atom is -0.379 e. The Balaban J connectivity index is 1.47. The number of rotatable bonds is 7. The molecular formula is C24H24N4OS2. The predicted molar refractivity (Wildman–Crippen MR) is 130 cm³/mol. The summed E-state index contributed by atoms with van der Waals surface area (Å²) in [5.74, 6) is 0.949. The van der Waals surface area contributed by atoms with Gasteiger partial charge in [-0.05, 0) is 55.3 Å². The molecule has 7 heteroatoms. The Bertz CT molecular complexity index is 1100. The number of pyridine rings is 1. The number of carbonyl (C=O) groups is 1. The summed E-state index contributed by atoms with van der Waals surface area (Å²) in [5, 5.41) is 4.61. The zero-order valence-corrected chi connectivity index (χ0v) is 18.9. The zero-order valence-electron chi connectivity index (χ0n) is 17.2. The molecule has 0 saturated carbocycles. The third-order valence-corrected chi connectivity index (χ3v) is 6.98. The highest BCUT2D eigenvalue weighted by atomic mass is 32.2. The lowest BCUT2D eigenvalue weighted by Crippen LogP contribution is -2.28. The fraction of sp³-hybridized carbons (Fsp3) is 0.208. The minimum atomic E-state index is -0.333. The summed E-state index contributed by atoms with van der Waals surface area (Å²) in [7, 11) is 0. The number of anilines is 1. The molecule has 31 heavy (non-hydrogen) atoms. The van der Waals surface area contributed by atoms with E-state index in [4.69, 9.17) is 5.73 Å². The van der Waals surface area contributed by atoms with Crippen LogP contribution in [0.2, 0.25) is 0 Å². The number of nitrogens with two attached hydrogens (primary N) is 1. The Labute approximate surface area is 191 Å². The maximum absolute atomic E-state index is 13.0. The molecule has 0 fully saturated rings. The quantitative estimate of drug-likeness (QED) is 0.484. The molecule has 0 aliphatic carbocycles. The fourth-order valence-corrected chi connectivity index (χ4v) is 5.32. The van der Waals surface area contributed by atoms with Gasteiger partial charge in [-0.3, -0.25) is 9.79 Å². The topological polar surface area (TPSA) is 80.4 Å². The molecule has 0 amide bonds. The molecule has 2 heterocycles. The van der Waals surface area contributed by atoms with Crippen molar-refractivity contribution in [2.24, 2.45) is 10.7 Å². The highest BCUT2D eigenvalue weighted by Crippen LogP contribution is 2.36. The Morgan fingerprint density at radius 1 is 1.16 bits per heavy atom. The summed E-state index contributed by atoms with van der Waals surface area (Å²) in [5.41, 5.74) is 8.23. The van der Waals surface area contributed by atoms with Gasteiger partial charge in [-0.25, -0.2) is 4.98 Å². The minimum absolute atomic E-state index is 0.000484. The number of amidine groups is 1. The summed E-state index contributed by atoms with van der Waals surface area (Å²) in [6.45, 7) is 2.29. The monoisotopic (exact) mass is 448 g/mol. The van der Waals surface area contributed by atoms with Crippen molar-refractivity contribution in [1.82, 2.24) is 4.98 Å². The number of benzene rings is 2. The molecule has 0 saturated heterocycles. The first-order valence-electron chi connectivity index (χ1n) is 10.1. The molecule has 1 unspecified atom stereocenters. The summed E-state index contributed by atoms with van der Waals surface area (Å²) < 4.78 is 0. The van der Waals surface area contributed by atoms with Crippen molar-refractivity contribution in [1.29, 1.82) is 0 Å². The lowest BCUT2D eigenvalue weighted by atomic mass is 9.89. The number of aliphatic imine (C=N–C) groups is 1. The number of nitrogens with zero attached hydrogens (tertiary/aromatic N) is 2. The normalized spacial score (nSPS) is 18.3. The van der Waals surface area contributed by atoms with Crippen molar-refractivity contribution in [2.75, 3.05) is 17.6 Å². The number of ketones is 1. The van der Waals surface area contributed by atoms with Crippen molar-refractivity contribution in [2.45, 2.75) is 28.8 Å². The number of nitrogens with one attached hydrogen (secondary N) is 1. The molecule has 1 aliphatic rings. The van der Waals surface area contributed by atoms with Crippen LogP contribution in [-0.2, 0) is 5.54 Å². The van der Waals surface area contributed by atoms with Crippen molar-refractivity contribution in [3.8, 4) is 0 Å². The van der Waals surface area contributed by atoms with Crippen molar-refractivity contribution in [3.63, 3.8) is 0 Å². The van der Waals surface area contributed by atoms with Crippen LogP contribution in [0.25, 0.3) is 0 Å². The Kier molecular flexibility index (Phi) is 6.63. The van der Waals surface area contributed by atoms with Gasteiger partial charge < -0.3 is 11.1 Å². The van der Waals surface area contributed by atoms with E-state index in [1.54, 1.807) is 24.0 Å². The molecule has 0 radical (unpaired) electrons. The molecule has 4 rings (SSSR count). The lowest BCUT2D eigenvalue weighted by molar-refractivity contribution is 0.100. The number of aromatic nitrogens is 1. The number of thioether (sulfide) groups is 1. The van der Waals surface area contributed by atoms with Gasteiger partial charge in [-0.2, -0.15) is 0 Å². The van der Waals surface area contributed by atoms with E-state index < -0.39 is 0 Å². The molecule has 5 nitrogen and oxygen atoms in total. The smallest absolute Gasteiger partial charge is 0.184 e. The first-order chi connectivity index (χ1) is 15.0. The van der Waals surface area contributed by atoms with E-state index in [0.717, 1.165) is 28.3 Å². The zero-order chi connectivity index (χ0) is 21.7. The van der Waals surface area contributed by atoms with Crippen LogP contribution in [0, 0.1) is 0 Å². The van der Waals surface area contributed by atoms with Gasteiger partial charge in [-0.15, -0.1) is 0 Å². The third kappa shape index (κ3) is 5.29. The van der Waals surface area contributed by atoms with Crippen LogP contribution in [0.4, 0.5) is 5.69 Å². The number of hydrogen-bond acceptors (Lipinski definition) is 7. The molecule has 1 aromatic heterocycles. The number of carbonyl (C=O) groups excluding carboxylic acids is 1. The Hall–Kier alpha value is -2.77. The Morgan fingerprint density at radius 2 is 2.00 bits per heavy atom. The second-order valence-electron chi connectivity index (χ2n) is 7.45. The van der Waals surface area contributed by atoms with Crippen molar-refractivity contribution in [3.05, 3.63) is 84.1 Å². The van der Waals surface area contributed by atoms with Gasteiger partial charge in [0.15, 0.2) is 11.0 Å². The van der Waals surface area contributed by atoms with E-state index in [2.05, 4.69) is 34.3 Å². The standard InChI is InChI=1S/C24H24N4OS2/c1-24(12-14-30-23(25)28-24)17-7-5-8-18(15-17)27-16-21(29)20-11-6-13-26-22(20)31-19-9-3-2-4-10-19/h2-11,13,15,27H,12,14,16H2,1H3,(H2,25,28). The van der Waals surface area contributed by atoms with Gasteiger partial charge in [-0.1, -0.05) is 53.9 Å². The van der Waals surface area contributed by atoms with E-state index in [0.29, 0.717) is 15.8 Å². The van der Waals surface area contributed by atoms with E-state index in [1.165, 1.54) is 11.8 Å². The van der Waals surface area contributed by atoms with Gasteiger partial charge in [0.25, 0.3) is 0 Å². The SMILES string of the molecule is CC1(c2cccc(NCC(=O)c3cccnc3Sc3ccccc3)c2)CCSC(N)=N1. The molecule has 2 aromatic carbocycles. The van der Waals surface area contributed by atoms with Crippen LogP contribution >= 0.6 is 23.5 Å². The van der Waals surface area contributed by atoms with Crippen molar-refractivity contribution >= 4 is 40.2 Å². The summed E-state index contributed by atoms with van der Waals surface area (Å²) in [4.78, 5) is 23.1. The van der Waals surface area contributed by atoms with Crippen LogP contribution in [0.1, 0.15) is 29.3 Å². The molecule has 0 bridgehead atoms. The number of hydrogen-bond donors (Lipinski definition) is 2. The summed E-state index contributed by atoms with van der Waals surface area (Å²) in [6.07, 6.45) is 2.64. The first-order valence-corrected chi connectivity index (χ1v) is 11.9. The van der Waals surface area contributed by atoms with Gasteiger partial charge in [0.2, 0.25) is 0 Å². The third-order valence-electron chi connectivity index (χ3n) is 5.16. The van der Waals surface area contributed by atoms with Crippen LogP contribution in [0.3, 0.4) is 0 Å². The predicted octanol–water partition coefficient (Wildman–Crippen LogP) is 5.19. The highest BCUT2D eigenvalue weighted by Gasteiger charge is 2.29. The van der Waals surface area contributed by atoms with E-state index in [9.17, 15) is 4.79 Å². The average molecular weight is 449 g/mol. The lowest BCUT2D eigenvalue weighted by Gasteiger charge is -2.30. The second-order valence-corrected chi connectivity index (χ2v) is 9.63. The molecule has 1 aliphatic heterocycles. The summed E-state index contributed by atoms with van der Waals surface area (Å²) >= 11 is 3.09. The number of Topliss-reactive ketones (excluding diaryl/α,β-unsaturated/α-hetero) is 1. The largest absolute Gasteiger partial charge is 0.379 e. The average Bonchev–Trinajstić information content (AvgIpc) is 2.79. The highest BCUT2D eigenvalue weighted by molar-refractivity contribution is 8.13. The molecule has 158 valence electrons. The first kappa shape index (κ1) is 21.5. The van der Waals surface area contributed by atoms with Crippen LogP contribution in [0.5, 0.6) is 0 Å². The van der Waals surface area contributed by atoms with Gasteiger partial charge in [0.05, 0.1) is 17.6 Å². The van der Waals surface area contributed by atoms with Crippen LogP contribution in [0.15, 0.2) is 87.8 Å². The maximum atomic E-state index is 13.0. The van der Waals surface area contributed by atoms with Gasteiger partial charge in [0.1, 0.15) is 5.03 Å². The van der Waals surface area contributed by atoms with Crippen LogP contribution in [-0.4, -0.2) is 28.2 Å². The fourth-order valence-electron chi connectivity index (χ4n) is 3.42. The molecular weight excluding hydrogens is 424 g/mol. The Morgan fingerprint density at radius 3 is 2.81 bits per heavy atom. The van der Waals surface area contributed by atoms with Gasteiger partial charge in [0, 0.05) is 22.5 Å². The molecule has 3 N–H and O–H groups in total. The van der Waals surface area contributed by atoms with E-state index >= 15 is 0 Å². The van der Waals surface area contributed by atoms with E-state index in [1.807, 2.05) is 48.5 Å². The summed E-state index contributed by atoms with van der Waals surface area (Å²) in [6, 6.07) is 21.7. The maximum Gasteiger partial charge on any atom is 0.184 e. The molecule has 3 aromatic rings. The molecule has 0 spiro atoms. The van der Waals surface area contributed by atoms with E-state index in [-0.39, 0.29) is 17.9 Å². The van der Waals surface area contributed by atoms with Crippen LogP contribution < -0.4 is 11.1 Å². The van der Waals surface area contributed by atoms with Gasteiger partial charge >= 0.3 is 0 Å².